The molecule has 1 N–H and O–H groups in total. The zero-order valence-electron chi connectivity index (χ0n) is 20.1. The summed E-state index contributed by atoms with van der Waals surface area (Å²) in [5, 5.41) is 6.47. The van der Waals surface area contributed by atoms with Crippen molar-refractivity contribution in [2.75, 3.05) is 6.54 Å². The van der Waals surface area contributed by atoms with Crippen molar-refractivity contribution in [3.63, 3.8) is 0 Å². The number of ether oxygens (including phenoxy) is 1. The van der Waals surface area contributed by atoms with Crippen molar-refractivity contribution in [1.82, 2.24) is 15.1 Å². The molecule has 4 rings (SSSR count). The number of hydrogen-bond acceptors (Lipinski definition) is 4. The Morgan fingerprint density at radius 1 is 1.14 bits per heavy atom. The van der Waals surface area contributed by atoms with Gasteiger partial charge in [0.15, 0.2) is 11.5 Å². The molecule has 0 saturated heterocycles. The van der Waals surface area contributed by atoms with Crippen molar-refractivity contribution in [1.29, 1.82) is 0 Å². The summed E-state index contributed by atoms with van der Waals surface area (Å²) in [5.41, 5.74) is 1.02. The fourth-order valence-electron chi connectivity index (χ4n) is 3.76. The van der Waals surface area contributed by atoms with E-state index in [4.69, 9.17) is 9.15 Å². The van der Waals surface area contributed by atoms with Crippen molar-refractivity contribution in [2.24, 2.45) is 0 Å². The Morgan fingerprint density at radius 2 is 1.86 bits per heavy atom. The van der Waals surface area contributed by atoms with Gasteiger partial charge in [-0.1, -0.05) is 32.9 Å². The molecule has 1 aliphatic rings. The first-order valence-corrected chi connectivity index (χ1v) is 11.8. The predicted molar refractivity (Wildman–Crippen MR) is 124 cm³/mol. The zero-order valence-corrected chi connectivity index (χ0v) is 20.1. The molecule has 0 bridgehead atoms. The highest BCUT2D eigenvalue weighted by atomic mass is 19.4. The van der Waals surface area contributed by atoms with Gasteiger partial charge in [0.05, 0.1) is 0 Å². The number of rotatable bonds is 9. The number of alkyl halides is 3. The number of halogens is 3. The zero-order chi connectivity index (χ0) is 25.2. The third kappa shape index (κ3) is 6.46. The summed E-state index contributed by atoms with van der Waals surface area (Å²) in [4.78, 5) is 12.4. The number of carbonyl (C=O) groups excluding carboxylic acids is 1. The lowest BCUT2D eigenvalue weighted by Crippen LogP contribution is -2.25. The molecule has 1 saturated carbocycles. The van der Waals surface area contributed by atoms with Crippen LogP contribution >= 0.6 is 0 Å². The maximum Gasteiger partial charge on any atom is 0.435 e. The normalized spacial score (nSPS) is 14.2. The van der Waals surface area contributed by atoms with Crippen LogP contribution in [-0.2, 0) is 24.7 Å². The van der Waals surface area contributed by atoms with Crippen LogP contribution in [0.15, 0.2) is 46.9 Å². The van der Waals surface area contributed by atoms with E-state index in [1.165, 1.54) is 10.2 Å². The van der Waals surface area contributed by atoms with Gasteiger partial charge in [0, 0.05) is 24.7 Å². The molecule has 0 spiro atoms. The lowest BCUT2D eigenvalue weighted by atomic mass is 9.87. The van der Waals surface area contributed by atoms with E-state index < -0.39 is 11.9 Å². The molecule has 2 heterocycles. The van der Waals surface area contributed by atoms with Gasteiger partial charge in [0.2, 0.25) is 0 Å². The summed E-state index contributed by atoms with van der Waals surface area (Å²) >= 11 is 0. The smallest absolute Gasteiger partial charge is 0.435 e. The molecule has 188 valence electrons. The third-order valence-corrected chi connectivity index (χ3v) is 5.92. The minimum atomic E-state index is -4.46. The Hall–Kier alpha value is -3.23. The first-order valence-electron chi connectivity index (χ1n) is 11.8. The lowest BCUT2D eigenvalue weighted by molar-refractivity contribution is -0.141. The summed E-state index contributed by atoms with van der Waals surface area (Å²) in [5.74, 6) is 1.14. The van der Waals surface area contributed by atoms with Crippen LogP contribution in [0.25, 0.3) is 0 Å². The number of carbonyl (C=O) groups is 1. The maximum absolute atomic E-state index is 13.0. The Morgan fingerprint density at radius 3 is 2.49 bits per heavy atom. The minimum absolute atomic E-state index is 0.0612. The van der Waals surface area contributed by atoms with Crippen molar-refractivity contribution < 1.29 is 27.1 Å². The number of nitrogens with zero attached hydrogens (tertiary/aromatic N) is 2. The van der Waals surface area contributed by atoms with Gasteiger partial charge in [-0.3, -0.25) is 9.48 Å². The molecule has 1 amide bonds. The van der Waals surface area contributed by atoms with Crippen LogP contribution in [0, 0.1) is 0 Å². The Kier molecular flexibility index (Phi) is 6.96. The van der Waals surface area contributed by atoms with Crippen molar-refractivity contribution in [3.8, 4) is 5.75 Å². The summed E-state index contributed by atoms with van der Waals surface area (Å²) in [6.07, 6.45) is -2.25. The maximum atomic E-state index is 13.0. The van der Waals surface area contributed by atoms with E-state index in [2.05, 4.69) is 31.2 Å². The van der Waals surface area contributed by atoms with Gasteiger partial charge in [-0.15, -0.1) is 0 Å². The van der Waals surface area contributed by atoms with E-state index in [1.54, 1.807) is 12.1 Å². The topological polar surface area (TPSA) is 69.3 Å². The molecule has 3 aromatic rings. The van der Waals surface area contributed by atoms with Crippen LogP contribution in [0.5, 0.6) is 5.75 Å². The monoisotopic (exact) mass is 489 g/mol. The van der Waals surface area contributed by atoms with Crippen LogP contribution in [0.3, 0.4) is 0 Å². The number of hydrogen-bond donors (Lipinski definition) is 1. The van der Waals surface area contributed by atoms with Crippen LogP contribution in [0.4, 0.5) is 13.2 Å². The Balaban J connectivity index is 1.23. The van der Waals surface area contributed by atoms with Gasteiger partial charge >= 0.3 is 6.18 Å². The minimum Gasteiger partial charge on any atom is -0.486 e. The predicted octanol–water partition coefficient (Wildman–Crippen LogP) is 6.07. The van der Waals surface area contributed by atoms with Gasteiger partial charge in [0.25, 0.3) is 5.91 Å². The highest BCUT2D eigenvalue weighted by Gasteiger charge is 2.37. The first-order chi connectivity index (χ1) is 16.5. The molecule has 1 aliphatic carbocycles. The molecule has 1 aromatic carbocycles. The van der Waals surface area contributed by atoms with Crippen molar-refractivity contribution in [2.45, 2.75) is 70.7 Å². The molecule has 0 aliphatic heterocycles. The van der Waals surface area contributed by atoms with Crippen LogP contribution in [0.1, 0.15) is 79.2 Å². The number of nitrogens with one attached hydrogen (secondary N) is 1. The molecule has 6 nitrogen and oxygen atoms in total. The fraction of sp³-hybridized carbons (Fsp3) is 0.462. The van der Waals surface area contributed by atoms with Crippen molar-refractivity contribution >= 4 is 5.91 Å². The average molecular weight is 490 g/mol. The molecule has 2 aromatic heterocycles. The van der Waals surface area contributed by atoms with Crippen LogP contribution in [0.2, 0.25) is 0 Å². The number of furan rings is 1. The number of amides is 1. The molecule has 9 heteroatoms. The van der Waals surface area contributed by atoms with E-state index in [0.29, 0.717) is 30.2 Å². The molecule has 0 radical (unpaired) electrons. The summed E-state index contributed by atoms with van der Waals surface area (Å²) < 4.78 is 51.8. The molecular weight excluding hydrogens is 459 g/mol. The molecule has 1 fully saturated rings. The highest BCUT2D eigenvalue weighted by Crippen LogP contribution is 2.42. The summed E-state index contributed by atoms with van der Waals surface area (Å²) in [6, 6.07) is 12.3. The van der Waals surface area contributed by atoms with Crippen molar-refractivity contribution in [3.05, 3.63) is 70.9 Å². The van der Waals surface area contributed by atoms with E-state index >= 15 is 0 Å². The van der Waals surface area contributed by atoms with Gasteiger partial charge < -0.3 is 14.5 Å². The second kappa shape index (κ2) is 9.79. The molecule has 0 unspecified atom stereocenters. The number of benzene rings is 1. The van der Waals surface area contributed by atoms with E-state index in [1.807, 2.05) is 24.3 Å². The SMILES string of the molecule is CC(C)(C)c1ccc(OCc2ccc(C(=O)NCCCn3nc(C(F)(F)F)cc3C3CC3)o2)cc1. The summed E-state index contributed by atoms with van der Waals surface area (Å²) in [7, 11) is 0. The Bertz CT molecular complexity index is 1150. The second-order valence-electron chi connectivity index (χ2n) is 9.89. The largest absolute Gasteiger partial charge is 0.486 e. The van der Waals surface area contributed by atoms with Gasteiger partial charge in [-0.05, 0) is 60.6 Å². The van der Waals surface area contributed by atoms with Crippen LogP contribution in [-0.4, -0.2) is 22.2 Å². The Labute approximate surface area is 202 Å². The molecule has 35 heavy (non-hydrogen) atoms. The van der Waals surface area contributed by atoms with Gasteiger partial charge in [0.1, 0.15) is 18.1 Å². The van der Waals surface area contributed by atoms with E-state index in [0.717, 1.165) is 18.9 Å². The van der Waals surface area contributed by atoms with Gasteiger partial charge in [-0.2, -0.15) is 18.3 Å². The van der Waals surface area contributed by atoms with Gasteiger partial charge in [-0.25, -0.2) is 0 Å². The van der Waals surface area contributed by atoms with E-state index in [-0.39, 0.29) is 36.2 Å². The fourth-order valence-corrected chi connectivity index (χ4v) is 3.76. The first kappa shape index (κ1) is 24.9. The third-order valence-electron chi connectivity index (χ3n) is 5.92. The second-order valence-corrected chi connectivity index (χ2v) is 9.89. The average Bonchev–Trinajstić information content (AvgIpc) is 3.35. The number of aromatic nitrogens is 2. The number of aryl methyl sites for hydroxylation is 1. The van der Waals surface area contributed by atoms with Crippen LogP contribution < -0.4 is 10.1 Å². The lowest BCUT2D eigenvalue weighted by Gasteiger charge is -2.19. The molecule has 0 atom stereocenters. The van der Waals surface area contributed by atoms with E-state index in [9.17, 15) is 18.0 Å². The quantitative estimate of drug-likeness (QED) is 0.371. The summed E-state index contributed by atoms with van der Waals surface area (Å²) in [6.45, 7) is 7.21. The standard InChI is InChI=1S/C26H30F3N3O3/c1-25(2,3)18-7-9-19(10-8-18)34-16-20-11-12-22(35-20)24(33)30-13-4-14-32-21(17-5-6-17)15-23(31-32)26(27,28)29/h7-12,15,17H,4-6,13-14,16H2,1-3H3,(H,30,33). The molecular formula is C26H30F3N3O3. The highest BCUT2D eigenvalue weighted by molar-refractivity contribution is 5.91.